The van der Waals surface area contributed by atoms with E-state index in [4.69, 9.17) is 9.47 Å². The largest absolute Gasteiger partial charge is 0.383 e. The van der Waals surface area contributed by atoms with Crippen LogP contribution in [0.2, 0.25) is 0 Å². The lowest BCUT2D eigenvalue weighted by Gasteiger charge is -2.27. The number of methoxy groups -OCH3 is 1. The Bertz CT molecular complexity index is 419. The minimum Gasteiger partial charge on any atom is -0.383 e. The lowest BCUT2D eigenvalue weighted by atomic mass is 10.1. The van der Waals surface area contributed by atoms with Gasteiger partial charge in [-0.1, -0.05) is 30.3 Å². The molecule has 1 unspecified atom stereocenters. The van der Waals surface area contributed by atoms with E-state index in [0.29, 0.717) is 32.7 Å². The molecule has 1 atom stereocenters. The summed E-state index contributed by atoms with van der Waals surface area (Å²) in [5.74, 6) is 0.138. The molecule has 0 bridgehead atoms. The number of morpholine rings is 1. The summed E-state index contributed by atoms with van der Waals surface area (Å²) in [5, 5.41) is 3.32. The highest BCUT2D eigenvalue weighted by Gasteiger charge is 2.21. The highest BCUT2D eigenvalue weighted by Crippen LogP contribution is 2.08. The van der Waals surface area contributed by atoms with Crippen molar-refractivity contribution in [1.29, 1.82) is 0 Å². The second-order valence-corrected chi connectivity index (χ2v) is 5.22. The quantitative estimate of drug-likeness (QED) is 0.816. The number of carbonyl (C=O) groups is 1. The molecular formula is C16H24N2O3. The van der Waals surface area contributed by atoms with E-state index >= 15 is 0 Å². The van der Waals surface area contributed by atoms with Gasteiger partial charge in [0.05, 0.1) is 19.8 Å². The lowest BCUT2D eigenvalue weighted by Crippen LogP contribution is -2.45. The third kappa shape index (κ3) is 5.46. The zero-order valence-corrected chi connectivity index (χ0v) is 12.6. The molecule has 1 aromatic carbocycles. The van der Waals surface area contributed by atoms with Crippen molar-refractivity contribution in [3.63, 3.8) is 0 Å². The van der Waals surface area contributed by atoms with Crippen molar-refractivity contribution in [3.05, 3.63) is 35.9 Å². The summed E-state index contributed by atoms with van der Waals surface area (Å²) in [6.07, 6.45) is 0.469. The third-order valence-corrected chi connectivity index (χ3v) is 3.55. The van der Waals surface area contributed by atoms with Gasteiger partial charge in [-0.15, -0.1) is 0 Å². The zero-order valence-electron chi connectivity index (χ0n) is 12.6. The van der Waals surface area contributed by atoms with Crippen LogP contribution in [-0.2, 0) is 20.8 Å². The Labute approximate surface area is 126 Å². The topological polar surface area (TPSA) is 50.8 Å². The number of amides is 1. The Morgan fingerprint density at radius 2 is 2.24 bits per heavy atom. The molecule has 0 spiro atoms. The molecule has 1 heterocycles. The number of rotatable bonds is 7. The highest BCUT2D eigenvalue weighted by atomic mass is 16.5. The van der Waals surface area contributed by atoms with Gasteiger partial charge >= 0.3 is 0 Å². The second-order valence-electron chi connectivity index (χ2n) is 5.22. The number of nitrogens with zero attached hydrogens (tertiary/aromatic N) is 1. The van der Waals surface area contributed by atoms with E-state index in [-0.39, 0.29) is 11.9 Å². The Morgan fingerprint density at radius 1 is 1.43 bits per heavy atom. The van der Waals surface area contributed by atoms with E-state index in [1.807, 2.05) is 35.2 Å². The Kier molecular flexibility index (Phi) is 6.66. The molecule has 1 saturated heterocycles. The van der Waals surface area contributed by atoms with Crippen LogP contribution >= 0.6 is 0 Å². The minimum absolute atomic E-state index is 0.118. The van der Waals surface area contributed by atoms with Gasteiger partial charge in [0.1, 0.15) is 0 Å². The molecule has 1 amide bonds. The van der Waals surface area contributed by atoms with Gasteiger partial charge < -0.3 is 19.7 Å². The number of hydrogen-bond donors (Lipinski definition) is 1. The van der Waals surface area contributed by atoms with Crippen LogP contribution in [0.3, 0.4) is 0 Å². The Hall–Kier alpha value is -1.43. The fourth-order valence-electron chi connectivity index (χ4n) is 2.39. The van der Waals surface area contributed by atoms with Gasteiger partial charge in [-0.2, -0.15) is 0 Å². The number of carbonyl (C=O) groups excluding carboxylic acids is 1. The monoisotopic (exact) mass is 292 g/mol. The first-order chi connectivity index (χ1) is 10.3. The molecule has 5 heteroatoms. The lowest BCUT2D eigenvalue weighted by molar-refractivity contribution is -0.133. The van der Waals surface area contributed by atoms with Crippen LogP contribution < -0.4 is 5.32 Å². The van der Waals surface area contributed by atoms with E-state index < -0.39 is 0 Å². The van der Waals surface area contributed by atoms with Gasteiger partial charge in [-0.3, -0.25) is 4.79 Å². The molecule has 21 heavy (non-hydrogen) atoms. The van der Waals surface area contributed by atoms with Crippen LogP contribution in [-0.4, -0.2) is 56.9 Å². The van der Waals surface area contributed by atoms with E-state index in [9.17, 15) is 4.79 Å². The molecule has 1 aromatic rings. The zero-order chi connectivity index (χ0) is 14.9. The van der Waals surface area contributed by atoms with Crippen molar-refractivity contribution in [2.45, 2.75) is 19.0 Å². The van der Waals surface area contributed by atoms with Gasteiger partial charge in [0, 0.05) is 39.2 Å². The highest BCUT2D eigenvalue weighted by molar-refractivity contribution is 5.76. The first-order valence-electron chi connectivity index (χ1n) is 7.41. The van der Waals surface area contributed by atoms with Gasteiger partial charge in [0.25, 0.3) is 0 Å². The van der Waals surface area contributed by atoms with Crippen molar-refractivity contribution in [2.75, 3.05) is 40.0 Å². The summed E-state index contributed by atoms with van der Waals surface area (Å²) >= 11 is 0. The molecule has 1 fully saturated rings. The van der Waals surface area contributed by atoms with Crippen LogP contribution in [0.1, 0.15) is 12.0 Å². The van der Waals surface area contributed by atoms with Gasteiger partial charge in [-0.25, -0.2) is 0 Å². The normalized spacial score (nSPS) is 18.4. The molecule has 116 valence electrons. The van der Waals surface area contributed by atoms with Gasteiger partial charge in [0.15, 0.2) is 0 Å². The SMILES string of the molecule is COCCN(Cc1ccccc1)C(=O)CC1COCCN1. The number of nitrogens with one attached hydrogen (secondary N) is 1. The fraction of sp³-hybridized carbons (Fsp3) is 0.562. The Morgan fingerprint density at radius 3 is 2.90 bits per heavy atom. The van der Waals surface area contributed by atoms with E-state index in [1.54, 1.807) is 7.11 Å². The molecule has 0 aromatic heterocycles. The van der Waals surface area contributed by atoms with Gasteiger partial charge in [0.2, 0.25) is 5.91 Å². The fourth-order valence-corrected chi connectivity index (χ4v) is 2.39. The van der Waals surface area contributed by atoms with Crippen molar-refractivity contribution in [1.82, 2.24) is 10.2 Å². The van der Waals surface area contributed by atoms with E-state index in [1.165, 1.54) is 0 Å². The second kappa shape index (κ2) is 8.77. The van der Waals surface area contributed by atoms with Crippen LogP contribution in [0.5, 0.6) is 0 Å². The standard InChI is InChI=1S/C16H24N2O3/c1-20-10-8-18(12-14-5-3-2-4-6-14)16(19)11-15-13-21-9-7-17-15/h2-6,15,17H,7-13H2,1H3. The van der Waals surface area contributed by atoms with Crippen molar-refractivity contribution in [2.24, 2.45) is 0 Å². The maximum atomic E-state index is 12.5. The summed E-state index contributed by atoms with van der Waals surface area (Å²) < 4.78 is 10.5. The molecular weight excluding hydrogens is 268 g/mol. The molecule has 5 nitrogen and oxygen atoms in total. The van der Waals surface area contributed by atoms with Crippen molar-refractivity contribution < 1.29 is 14.3 Å². The summed E-state index contributed by atoms with van der Waals surface area (Å²) in [6, 6.07) is 10.2. The molecule has 0 radical (unpaired) electrons. The molecule has 2 rings (SSSR count). The molecule has 1 aliphatic rings. The van der Waals surface area contributed by atoms with E-state index in [2.05, 4.69) is 5.32 Å². The van der Waals surface area contributed by atoms with Crippen LogP contribution in [0.15, 0.2) is 30.3 Å². The maximum absolute atomic E-state index is 12.5. The van der Waals surface area contributed by atoms with Crippen LogP contribution in [0, 0.1) is 0 Å². The average molecular weight is 292 g/mol. The first kappa shape index (κ1) is 15.9. The summed E-state index contributed by atoms with van der Waals surface area (Å²) in [7, 11) is 1.65. The molecule has 1 aliphatic heterocycles. The van der Waals surface area contributed by atoms with Crippen molar-refractivity contribution in [3.8, 4) is 0 Å². The number of benzene rings is 1. The molecule has 0 saturated carbocycles. The predicted molar refractivity (Wildman–Crippen MR) is 81.0 cm³/mol. The van der Waals surface area contributed by atoms with E-state index in [0.717, 1.165) is 18.7 Å². The minimum atomic E-state index is 0.118. The average Bonchev–Trinajstić information content (AvgIpc) is 2.53. The van der Waals surface area contributed by atoms with Crippen LogP contribution in [0.25, 0.3) is 0 Å². The Balaban J connectivity index is 1.92. The number of hydrogen-bond acceptors (Lipinski definition) is 4. The van der Waals surface area contributed by atoms with Crippen molar-refractivity contribution >= 4 is 5.91 Å². The summed E-state index contributed by atoms with van der Waals surface area (Å²) in [6.45, 7) is 3.92. The predicted octanol–water partition coefficient (Wildman–Crippen LogP) is 1.04. The molecule has 1 N–H and O–H groups in total. The smallest absolute Gasteiger partial charge is 0.224 e. The first-order valence-corrected chi connectivity index (χ1v) is 7.41. The molecule has 0 aliphatic carbocycles. The summed E-state index contributed by atoms with van der Waals surface area (Å²) in [4.78, 5) is 14.4. The third-order valence-electron chi connectivity index (χ3n) is 3.55. The van der Waals surface area contributed by atoms with Crippen LogP contribution in [0.4, 0.5) is 0 Å². The number of ether oxygens (including phenoxy) is 2. The summed E-state index contributed by atoms with van der Waals surface area (Å²) in [5.41, 5.74) is 1.13. The van der Waals surface area contributed by atoms with Gasteiger partial charge in [-0.05, 0) is 5.56 Å². The maximum Gasteiger partial charge on any atom is 0.224 e.